The smallest absolute Gasteiger partial charge is 0.330 e. The van der Waals surface area contributed by atoms with Gasteiger partial charge in [0.1, 0.15) is 126 Å². The summed E-state index contributed by atoms with van der Waals surface area (Å²) in [6.07, 6.45) is -24.0. The summed E-state index contributed by atoms with van der Waals surface area (Å²) < 4.78 is 39.3. The summed E-state index contributed by atoms with van der Waals surface area (Å²) in [7, 11) is 0. The van der Waals surface area contributed by atoms with Crippen molar-refractivity contribution in [3.8, 4) is 34.3 Å². The number of hydrogen-bond donors (Lipinski definition) is 13. The van der Waals surface area contributed by atoms with Crippen LogP contribution in [0.25, 0.3) is 28.4 Å². The second-order valence-corrected chi connectivity index (χ2v) is 15.3. The molecule has 3 saturated heterocycles. The molecule has 22 heteroatoms. The lowest BCUT2D eigenvalue weighted by atomic mass is 9.89. The molecule has 0 bridgehead atoms. The number of esters is 1. The van der Waals surface area contributed by atoms with Crippen LogP contribution in [0.15, 0.2) is 76.0 Å². The van der Waals surface area contributed by atoms with E-state index in [9.17, 15) is 76.0 Å². The van der Waals surface area contributed by atoms with Gasteiger partial charge in [0.2, 0.25) is 6.29 Å². The predicted molar refractivity (Wildman–Crippen MR) is 212 cm³/mol. The van der Waals surface area contributed by atoms with Crippen LogP contribution < -0.4 is 10.2 Å². The Labute approximate surface area is 360 Å². The third-order valence-corrected chi connectivity index (χ3v) is 11.1. The first kappa shape index (κ1) is 46.7. The van der Waals surface area contributed by atoms with Crippen molar-refractivity contribution in [1.29, 1.82) is 0 Å². The zero-order valence-electron chi connectivity index (χ0n) is 33.2. The van der Waals surface area contributed by atoms with Crippen LogP contribution in [0.4, 0.5) is 0 Å². The van der Waals surface area contributed by atoms with Crippen molar-refractivity contribution in [2.45, 2.75) is 91.9 Å². The lowest BCUT2D eigenvalue weighted by Gasteiger charge is -2.46. The van der Waals surface area contributed by atoms with Crippen molar-refractivity contribution in [2.24, 2.45) is 0 Å². The minimum Gasteiger partial charge on any atom is -0.508 e. The van der Waals surface area contributed by atoms with E-state index in [1.54, 1.807) is 0 Å². The maximum atomic E-state index is 13.6. The first-order valence-electron chi connectivity index (χ1n) is 19.7. The number of fused-ring (bicyclic) bond motifs is 1. The van der Waals surface area contributed by atoms with Gasteiger partial charge in [0.25, 0.3) is 0 Å². The number of phenols is 3. The molecule has 0 radical (unpaired) electrons. The molecular weight excluding hydrogens is 856 g/mol. The molecule has 1 aromatic heterocycles. The van der Waals surface area contributed by atoms with Crippen LogP contribution >= 0.6 is 0 Å². The van der Waals surface area contributed by atoms with Crippen molar-refractivity contribution < 1.29 is 104 Å². The zero-order chi connectivity index (χ0) is 46.1. The summed E-state index contributed by atoms with van der Waals surface area (Å²) in [5.74, 6) is -2.63. The third kappa shape index (κ3) is 9.42. The molecule has 3 aliphatic rings. The molecule has 15 atom stereocenters. The van der Waals surface area contributed by atoms with Gasteiger partial charge in [-0.1, -0.05) is 12.1 Å². The fourth-order valence-electron chi connectivity index (χ4n) is 7.48. The predicted octanol–water partition coefficient (Wildman–Crippen LogP) is -2.64. The molecule has 0 saturated carbocycles. The Kier molecular flexibility index (Phi) is 14.2. The molecule has 22 nitrogen and oxygen atoms in total. The quantitative estimate of drug-likeness (QED) is 0.0510. The van der Waals surface area contributed by atoms with Gasteiger partial charge in [0.05, 0.1) is 18.8 Å². The van der Waals surface area contributed by atoms with E-state index >= 15 is 0 Å². The molecule has 3 fully saturated rings. The van der Waals surface area contributed by atoms with E-state index < -0.39 is 146 Å². The molecule has 0 unspecified atom stereocenters. The van der Waals surface area contributed by atoms with E-state index in [0.717, 1.165) is 18.2 Å². The minimum absolute atomic E-state index is 0.00472. The molecule has 346 valence electrons. The monoisotopic (exact) mass is 902 g/mol. The Bertz CT molecular complexity index is 2330. The average molecular weight is 903 g/mol. The summed E-state index contributed by atoms with van der Waals surface area (Å²) in [5.41, 5.74) is -1.01. The number of aliphatic hydroxyl groups is 10. The van der Waals surface area contributed by atoms with Crippen LogP contribution in [0.1, 0.15) is 17.2 Å². The Morgan fingerprint density at radius 1 is 0.672 bits per heavy atom. The van der Waals surface area contributed by atoms with Crippen molar-refractivity contribution in [3.63, 3.8) is 0 Å². The summed E-state index contributed by atoms with van der Waals surface area (Å²) in [6, 6.07) is 13.4. The van der Waals surface area contributed by atoms with Crippen molar-refractivity contribution in [3.05, 3.63) is 88.1 Å². The highest BCUT2D eigenvalue weighted by molar-refractivity contribution is 5.88. The number of benzene rings is 3. The van der Waals surface area contributed by atoms with Gasteiger partial charge in [-0.25, -0.2) is 4.79 Å². The molecule has 7 rings (SSSR count). The SMILES string of the molecule is O=C(C=Cc1ccc(O)cc1)OC[C@@H]1O[C@@H](O[C@@H]2[C@@H](O)[C@H](O)[C@H](CO)O[C@@H]2c2c(O)cc3oc(-c4ccc(O[C@H]5O[C@H](CO)[C@@H](O)[C@H](O)[C@H]5O)cc4)cc(=O)c3c2O)[C@H](O)[C@H](O)[C@H]1O. The number of aromatic hydroxyl groups is 3. The molecule has 0 amide bonds. The standard InChI is InChI=1S/C42H46O22/c43-13-24-31(50)36(55)40(64-42-38(57)35(54)32(51)26(63-42)15-58-27(48)10-3-16-1-6-18(45)7-2-16)39(61-24)29-21(47)12-23-28(33(29)52)20(46)11-22(60-23)17-4-8-19(9-5-17)59-41-37(56)34(53)30(49)25(14-44)62-41/h1-12,24-26,30-32,34-45,47,49-57H,13-15H2/t24-,25+,26-,30+,31+,32-,34-,35+,36-,37+,38+,39+,40+,41-,42-/m0/s1. The highest BCUT2D eigenvalue weighted by Crippen LogP contribution is 2.46. The van der Waals surface area contributed by atoms with Gasteiger partial charge in [-0.3, -0.25) is 4.79 Å². The number of hydrogen-bond acceptors (Lipinski definition) is 22. The highest BCUT2D eigenvalue weighted by atomic mass is 16.7. The number of rotatable bonds is 12. The summed E-state index contributed by atoms with van der Waals surface area (Å²) in [5, 5.41) is 136. The van der Waals surface area contributed by atoms with Crippen LogP contribution in [0.2, 0.25) is 0 Å². The van der Waals surface area contributed by atoms with Gasteiger partial charge in [0, 0.05) is 23.8 Å². The number of ether oxygens (including phenoxy) is 6. The molecule has 4 heterocycles. The van der Waals surface area contributed by atoms with Crippen LogP contribution in [0.3, 0.4) is 0 Å². The van der Waals surface area contributed by atoms with Gasteiger partial charge in [-0.05, 0) is 48.0 Å². The number of phenolic OH excluding ortho intramolecular Hbond substituents is 3. The van der Waals surface area contributed by atoms with E-state index in [4.69, 9.17) is 32.8 Å². The van der Waals surface area contributed by atoms with Crippen molar-refractivity contribution in [1.82, 2.24) is 0 Å². The van der Waals surface area contributed by atoms with Gasteiger partial charge >= 0.3 is 5.97 Å². The van der Waals surface area contributed by atoms with E-state index in [1.807, 2.05) is 0 Å². The van der Waals surface area contributed by atoms with E-state index in [-0.39, 0.29) is 28.4 Å². The Balaban J connectivity index is 1.12. The summed E-state index contributed by atoms with van der Waals surface area (Å²) in [4.78, 5) is 26.1. The first-order valence-corrected chi connectivity index (χ1v) is 19.7. The first-order chi connectivity index (χ1) is 30.5. The second kappa shape index (κ2) is 19.4. The lowest BCUT2D eigenvalue weighted by molar-refractivity contribution is -0.342. The fraction of sp³-hybridized carbons (Fsp3) is 0.429. The van der Waals surface area contributed by atoms with E-state index in [2.05, 4.69) is 0 Å². The van der Waals surface area contributed by atoms with Gasteiger partial charge in [0.15, 0.2) is 11.7 Å². The van der Waals surface area contributed by atoms with E-state index in [0.29, 0.717) is 5.56 Å². The van der Waals surface area contributed by atoms with Crippen LogP contribution in [0.5, 0.6) is 23.0 Å². The molecule has 0 aliphatic carbocycles. The largest absolute Gasteiger partial charge is 0.508 e. The minimum atomic E-state index is -2.06. The Morgan fingerprint density at radius 3 is 1.92 bits per heavy atom. The molecule has 4 aromatic rings. The zero-order valence-corrected chi connectivity index (χ0v) is 33.2. The van der Waals surface area contributed by atoms with Crippen LogP contribution in [-0.2, 0) is 28.5 Å². The highest BCUT2D eigenvalue weighted by Gasteiger charge is 2.52. The van der Waals surface area contributed by atoms with E-state index in [1.165, 1.54) is 54.6 Å². The number of carbonyl (C=O) groups excluding carboxylic acids is 1. The number of carbonyl (C=O) groups is 1. The van der Waals surface area contributed by atoms with Crippen LogP contribution in [0, 0.1) is 0 Å². The van der Waals surface area contributed by atoms with Gasteiger partial charge in [-0.2, -0.15) is 0 Å². The van der Waals surface area contributed by atoms with Crippen molar-refractivity contribution >= 4 is 23.0 Å². The fourth-order valence-corrected chi connectivity index (χ4v) is 7.48. The van der Waals surface area contributed by atoms with Crippen LogP contribution in [-0.4, -0.2) is 178 Å². The molecular formula is C42H46O22. The number of aliphatic hydroxyl groups excluding tert-OH is 10. The summed E-state index contributed by atoms with van der Waals surface area (Å²) >= 11 is 0. The normalized spacial score (nSPS) is 33.3. The van der Waals surface area contributed by atoms with Gasteiger partial charge < -0.3 is 99.2 Å². The molecule has 13 N–H and O–H groups in total. The second-order valence-electron chi connectivity index (χ2n) is 15.3. The lowest BCUT2D eigenvalue weighted by Crippen LogP contribution is -2.63. The molecule has 0 spiro atoms. The Hall–Kier alpha value is -5.28. The van der Waals surface area contributed by atoms with Crippen molar-refractivity contribution in [2.75, 3.05) is 19.8 Å². The molecule has 3 aliphatic heterocycles. The maximum absolute atomic E-state index is 13.6. The van der Waals surface area contributed by atoms with Gasteiger partial charge in [-0.15, -0.1) is 0 Å². The maximum Gasteiger partial charge on any atom is 0.330 e. The average Bonchev–Trinajstić information content (AvgIpc) is 3.28. The summed E-state index contributed by atoms with van der Waals surface area (Å²) in [6.45, 7) is -2.28. The third-order valence-electron chi connectivity index (χ3n) is 11.1. The molecule has 64 heavy (non-hydrogen) atoms. The Morgan fingerprint density at radius 2 is 1.27 bits per heavy atom. The topological polar surface area (TPSA) is 366 Å². The molecule has 3 aromatic carbocycles.